The van der Waals surface area contributed by atoms with Gasteiger partial charge in [-0.2, -0.15) is 0 Å². The van der Waals surface area contributed by atoms with Gasteiger partial charge in [-0.25, -0.2) is 0 Å². The fourth-order valence-electron chi connectivity index (χ4n) is 1.16. The van der Waals surface area contributed by atoms with Crippen LogP contribution in [0, 0.1) is 0 Å². The molecule has 9 heavy (non-hydrogen) atoms. The van der Waals surface area contributed by atoms with E-state index in [0.717, 1.165) is 10.5 Å². The number of hydrogen-bond acceptors (Lipinski definition) is 1. The first-order chi connectivity index (χ1) is 4.00. The van der Waals surface area contributed by atoms with E-state index in [2.05, 4.69) is 33.1 Å². The van der Waals surface area contributed by atoms with E-state index in [4.69, 9.17) is 0 Å². The first-order valence-corrected chi connectivity index (χ1v) is 3.50. The van der Waals surface area contributed by atoms with Gasteiger partial charge in [0.25, 0.3) is 0 Å². The summed E-state index contributed by atoms with van der Waals surface area (Å²) in [6.07, 6.45) is 0. The van der Waals surface area contributed by atoms with Crippen molar-refractivity contribution in [1.82, 2.24) is 4.90 Å². The standard InChI is InChI=1S/C7H17N2/c1-8-5-7(6-8)9(2,3)4/h7H,5-6H2,1-4H3/q+1. The van der Waals surface area contributed by atoms with Crippen molar-refractivity contribution in [3.8, 4) is 0 Å². The number of likely N-dealkylation sites (tertiary alicyclic amines) is 1. The molecule has 0 unspecified atom stereocenters. The molecule has 1 rings (SSSR count). The third kappa shape index (κ3) is 1.43. The van der Waals surface area contributed by atoms with Crippen molar-refractivity contribution < 1.29 is 4.48 Å². The lowest BCUT2D eigenvalue weighted by molar-refractivity contribution is -0.901. The summed E-state index contributed by atoms with van der Waals surface area (Å²) in [6.45, 7) is 2.53. The zero-order valence-electron chi connectivity index (χ0n) is 6.89. The van der Waals surface area contributed by atoms with E-state index >= 15 is 0 Å². The molecule has 0 aromatic heterocycles. The molecule has 1 aliphatic heterocycles. The lowest BCUT2D eigenvalue weighted by Gasteiger charge is -2.45. The summed E-state index contributed by atoms with van der Waals surface area (Å²) in [5.41, 5.74) is 0. The SMILES string of the molecule is CN1CC([N+](C)(C)C)C1. The number of hydrogen-bond donors (Lipinski definition) is 0. The van der Waals surface area contributed by atoms with E-state index in [1.54, 1.807) is 0 Å². The van der Waals surface area contributed by atoms with E-state index in [-0.39, 0.29) is 0 Å². The minimum Gasteiger partial charge on any atom is -0.326 e. The van der Waals surface area contributed by atoms with Crippen LogP contribution in [0.5, 0.6) is 0 Å². The van der Waals surface area contributed by atoms with Crippen molar-refractivity contribution >= 4 is 0 Å². The molecule has 0 radical (unpaired) electrons. The van der Waals surface area contributed by atoms with E-state index in [1.807, 2.05) is 0 Å². The van der Waals surface area contributed by atoms with Crippen LogP contribution in [-0.4, -0.2) is 56.7 Å². The summed E-state index contributed by atoms with van der Waals surface area (Å²) >= 11 is 0. The van der Waals surface area contributed by atoms with E-state index in [0.29, 0.717) is 0 Å². The fourth-order valence-corrected chi connectivity index (χ4v) is 1.16. The van der Waals surface area contributed by atoms with E-state index < -0.39 is 0 Å². The molecular weight excluding hydrogens is 112 g/mol. The maximum Gasteiger partial charge on any atom is 0.114 e. The highest BCUT2D eigenvalue weighted by atomic mass is 15.4. The Hall–Kier alpha value is -0.0800. The van der Waals surface area contributed by atoms with Gasteiger partial charge in [0.2, 0.25) is 0 Å². The highest BCUT2D eigenvalue weighted by molar-refractivity contribution is 4.76. The van der Waals surface area contributed by atoms with Crippen molar-refractivity contribution in [3.63, 3.8) is 0 Å². The van der Waals surface area contributed by atoms with Crippen molar-refractivity contribution in [2.75, 3.05) is 41.3 Å². The molecule has 0 saturated carbocycles. The van der Waals surface area contributed by atoms with Crippen molar-refractivity contribution in [3.05, 3.63) is 0 Å². The molecule has 0 aliphatic carbocycles. The summed E-state index contributed by atoms with van der Waals surface area (Å²) in [5, 5.41) is 0. The van der Waals surface area contributed by atoms with Gasteiger partial charge in [-0.3, -0.25) is 4.90 Å². The highest BCUT2D eigenvalue weighted by Crippen LogP contribution is 2.13. The molecule has 1 aliphatic rings. The fraction of sp³-hybridized carbons (Fsp3) is 1.00. The second kappa shape index (κ2) is 1.96. The lowest BCUT2D eigenvalue weighted by Crippen LogP contribution is -2.62. The average Bonchev–Trinajstić information content (AvgIpc) is 1.55. The second-order valence-electron chi connectivity index (χ2n) is 3.99. The molecular formula is C7H17N2+. The van der Waals surface area contributed by atoms with E-state index in [1.165, 1.54) is 13.1 Å². The van der Waals surface area contributed by atoms with Gasteiger partial charge in [-0.15, -0.1) is 0 Å². The van der Waals surface area contributed by atoms with Crippen molar-refractivity contribution in [2.24, 2.45) is 0 Å². The molecule has 0 aromatic carbocycles. The summed E-state index contributed by atoms with van der Waals surface area (Å²) in [5.74, 6) is 0. The third-order valence-corrected chi connectivity index (χ3v) is 2.14. The lowest BCUT2D eigenvalue weighted by atomic mass is 10.1. The zero-order valence-corrected chi connectivity index (χ0v) is 6.89. The number of likely N-dealkylation sites (N-methyl/N-ethyl adjacent to an activating group) is 2. The maximum absolute atomic E-state index is 2.36. The minimum absolute atomic E-state index is 0.870. The zero-order chi connectivity index (χ0) is 7.07. The van der Waals surface area contributed by atoms with Gasteiger partial charge in [0.05, 0.1) is 34.2 Å². The largest absolute Gasteiger partial charge is 0.326 e. The molecule has 0 aromatic rings. The Balaban J connectivity index is 2.32. The van der Waals surface area contributed by atoms with Crippen LogP contribution >= 0.6 is 0 Å². The number of nitrogens with zero attached hydrogens (tertiary/aromatic N) is 2. The van der Waals surface area contributed by atoms with E-state index in [9.17, 15) is 0 Å². The van der Waals surface area contributed by atoms with Crippen molar-refractivity contribution in [1.29, 1.82) is 0 Å². The molecule has 1 fully saturated rings. The molecule has 0 amide bonds. The van der Waals surface area contributed by atoms with Gasteiger partial charge in [0.1, 0.15) is 6.04 Å². The predicted molar refractivity (Wildman–Crippen MR) is 39.3 cm³/mol. The molecule has 2 nitrogen and oxygen atoms in total. The van der Waals surface area contributed by atoms with Gasteiger partial charge in [0.15, 0.2) is 0 Å². The second-order valence-corrected chi connectivity index (χ2v) is 3.99. The predicted octanol–water partition coefficient (Wildman–Crippen LogP) is 0.00660. The van der Waals surface area contributed by atoms with Crippen LogP contribution in [0.1, 0.15) is 0 Å². The first-order valence-electron chi connectivity index (χ1n) is 3.50. The van der Waals surface area contributed by atoms with Crippen LogP contribution in [0.15, 0.2) is 0 Å². The Bertz CT molecular complexity index is 98.0. The Labute approximate surface area is 57.7 Å². The topological polar surface area (TPSA) is 3.24 Å². The molecule has 1 saturated heterocycles. The molecule has 0 spiro atoms. The summed E-state index contributed by atoms with van der Waals surface area (Å²) in [7, 11) is 8.96. The van der Waals surface area contributed by atoms with Crippen LogP contribution in [0.4, 0.5) is 0 Å². The normalized spacial score (nSPS) is 24.0. The molecule has 1 heterocycles. The Morgan fingerprint density at radius 2 is 1.67 bits per heavy atom. The minimum atomic E-state index is 0.870. The van der Waals surface area contributed by atoms with Crippen LogP contribution in [0.2, 0.25) is 0 Å². The van der Waals surface area contributed by atoms with Gasteiger partial charge < -0.3 is 4.48 Å². The maximum atomic E-state index is 2.36. The van der Waals surface area contributed by atoms with Gasteiger partial charge in [-0.1, -0.05) is 0 Å². The Kier molecular flexibility index (Phi) is 1.53. The third-order valence-electron chi connectivity index (χ3n) is 2.14. The summed E-state index contributed by atoms with van der Waals surface area (Å²) in [6, 6.07) is 0.870. The quantitative estimate of drug-likeness (QED) is 0.451. The van der Waals surface area contributed by atoms with Crippen LogP contribution < -0.4 is 0 Å². The van der Waals surface area contributed by atoms with Gasteiger partial charge in [-0.05, 0) is 7.05 Å². The molecule has 0 bridgehead atoms. The number of quaternary nitrogens is 1. The van der Waals surface area contributed by atoms with Crippen LogP contribution in [0.3, 0.4) is 0 Å². The van der Waals surface area contributed by atoms with Crippen LogP contribution in [0.25, 0.3) is 0 Å². The molecule has 0 N–H and O–H groups in total. The average molecular weight is 129 g/mol. The number of rotatable bonds is 1. The molecule has 54 valence electrons. The van der Waals surface area contributed by atoms with Gasteiger partial charge in [0, 0.05) is 0 Å². The molecule has 2 heteroatoms. The molecule has 0 atom stereocenters. The highest BCUT2D eigenvalue weighted by Gasteiger charge is 2.33. The van der Waals surface area contributed by atoms with Gasteiger partial charge >= 0.3 is 0 Å². The summed E-state index contributed by atoms with van der Waals surface area (Å²) < 4.78 is 1.12. The van der Waals surface area contributed by atoms with Crippen LogP contribution in [-0.2, 0) is 0 Å². The smallest absolute Gasteiger partial charge is 0.114 e. The Morgan fingerprint density at radius 3 is 1.78 bits per heavy atom. The van der Waals surface area contributed by atoms with Crippen molar-refractivity contribution in [2.45, 2.75) is 6.04 Å². The monoisotopic (exact) mass is 129 g/mol. The Morgan fingerprint density at radius 1 is 1.22 bits per heavy atom. The summed E-state index contributed by atoms with van der Waals surface area (Å²) in [4.78, 5) is 2.36. The first kappa shape index (κ1) is 7.03.